The molecule has 2 heterocycles. The van der Waals surface area contributed by atoms with Gasteiger partial charge in [0.2, 0.25) is 0 Å². The molecule has 3 aromatic rings. The number of aryl methyl sites for hydroxylation is 4. The fourth-order valence-electron chi connectivity index (χ4n) is 3.24. The lowest BCUT2D eigenvalue weighted by Gasteiger charge is -2.11. The molecule has 0 aliphatic carbocycles. The molecule has 0 amide bonds. The van der Waals surface area contributed by atoms with Gasteiger partial charge in [0.05, 0.1) is 22.4 Å². The van der Waals surface area contributed by atoms with Gasteiger partial charge in [0.1, 0.15) is 11.3 Å². The van der Waals surface area contributed by atoms with Gasteiger partial charge in [-0.15, -0.1) is 0 Å². The fourth-order valence-corrected chi connectivity index (χ4v) is 4.56. The first-order valence-corrected chi connectivity index (χ1v) is 10.7. The predicted molar refractivity (Wildman–Crippen MR) is 104 cm³/mol. The Balaban J connectivity index is 1.86. The zero-order valence-electron chi connectivity index (χ0n) is 15.6. The number of imidazole rings is 1. The fraction of sp³-hybridized carbons (Fsp3) is 0.400. The maximum absolute atomic E-state index is 12.5. The van der Waals surface area contributed by atoms with Crippen LogP contribution in [0.25, 0.3) is 11.0 Å². The molecule has 0 N–H and O–H groups in total. The highest BCUT2D eigenvalue weighted by Crippen LogP contribution is 2.23. The summed E-state index contributed by atoms with van der Waals surface area (Å²) >= 11 is 0. The van der Waals surface area contributed by atoms with Crippen molar-refractivity contribution in [2.24, 2.45) is 0 Å². The average molecular weight is 372 g/mol. The van der Waals surface area contributed by atoms with E-state index in [1.165, 1.54) is 0 Å². The number of rotatable bonds is 7. The molecule has 6 heteroatoms. The molecule has 0 aliphatic heterocycles. The van der Waals surface area contributed by atoms with E-state index >= 15 is 0 Å². The number of sulfone groups is 1. The molecule has 0 unspecified atom stereocenters. The zero-order valence-corrected chi connectivity index (χ0v) is 16.4. The summed E-state index contributed by atoms with van der Waals surface area (Å²) in [5.74, 6) is 1.14. The second-order valence-corrected chi connectivity index (χ2v) is 8.73. The van der Waals surface area contributed by atoms with E-state index in [4.69, 9.17) is 4.98 Å². The van der Waals surface area contributed by atoms with E-state index in [2.05, 4.69) is 23.4 Å². The Morgan fingerprint density at radius 1 is 1.12 bits per heavy atom. The summed E-state index contributed by atoms with van der Waals surface area (Å²) in [5.41, 5.74) is 4.07. The molecule has 138 valence electrons. The van der Waals surface area contributed by atoms with E-state index in [0.29, 0.717) is 17.9 Å². The molecule has 0 fully saturated rings. The van der Waals surface area contributed by atoms with Gasteiger partial charge in [-0.1, -0.05) is 25.1 Å². The van der Waals surface area contributed by atoms with Crippen LogP contribution < -0.4 is 0 Å². The van der Waals surface area contributed by atoms with Crippen molar-refractivity contribution in [1.82, 2.24) is 14.5 Å². The van der Waals surface area contributed by atoms with Gasteiger partial charge < -0.3 is 4.57 Å². The smallest absolute Gasteiger partial charge is 0.178 e. The van der Waals surface area contributed by atoms with Crippen molar-refractivity contribution in [3.63, 3.8) is 0 Å². The first-order chi connectivity index (χ1) is 12.4. The summed E-state index contributed by atoms with van der Waals surface area (Å²) in [6, 6.07) is 8.66. The van der Waals surface area contributed by atoms with Crippen molar-refractivity contribution in [2.75, 3.05) is 5.75 Å². The minimum absolute atomic E-state index is 0.130. The summed E-state index contributed by atoms with van der Waals surface area (Å²) < 4.78 is 27.2. The molecule has 0 atom stereocenters. The third kappa shape index (κ3) is 3.65. The van der Waals surface area contributed by atoms with Crippen LogP contribution in [0.15, 0.2) is 41.4 Å². The van der Waals surface area contributed by atoms with Crippen LogP contribution in [0.1, 0.15) is 36.8 Å². The van der Waals surface area contributed by atoms with E-state index in [9.17, 15) is 8.42 Å². The Bertz CT molecular complexity index is 1010. The van der Waals surface area contributed by atoms with E-state index in [-0.39, 0.29) is 5.75 Å². The number of pyridine rings is 1. The highest BCUT2D eigenvalue weighted by atomic mass is 32.2. The number of fused-ring (bicyclic) bond motifs is 1. The minimum atomic E-state index is -3.26. The SMILES string of the molecule is CCCc1nc2cnc(C)c(C)c2n1CCCS(=O)(=O)c1ccccc1. The maximum atomic E-state index is 12.5. The summed E-state index contributed by atoms with van der Waals surface area (Å²) in [6.07, 6.45) is 4.24. The van der Waals surface area contributed by atoms with Crippen molar-refractivity contribution in [2.45, 2.75) is 51.5 Å². The van der Waals surface area contributed by atoms with Gasteiger partial charge in [0.25, 0.3) is 0 Å². The topological polar surface area (TPSA) is 64.8 Å². The van der Waals surface area contributed by atoms with Crippen LogP contribution in [0.3, 0.4) is 0 Å². The van der Waals surface area contributed by atoms with Crippen molar-refractivity contribution in [1.29, 1.82) is 0 Å². The molecule has 5 nitrogen and oxygen atoms in total. The number of aromatic nitrogens is 3. The molecule has 0 saturated heterocycles. The quantitative estimate of drug-likeness (QED) is 0.632. The van der Waals surface area contributed by atoms with Crippen molar-refractivity contribution >= 4 is 20.9 Å². The molecule has 0 saturated carbocycles. The van der Waals surface area contributed by atoms with Crippen LogP contribution in [0.4, 0.5) is 0 Å². The van der Waals surface area contributed by atoms with E-state index in [0.717, 1.165) is 41.0 Å². The summed E-state index contributed by atoms with van der Waals surface area (Å²) in [7, 11) is -3.26. The standard InChI is InChI=1S/C20H25N3O2S/c1-4-9-19-22-18-14-21-16(3)15(2)20(18)23(19)12-8-13-26(24,25)17-10-6-5-7-11-17/h5-7,10-11,14H,4,8-9,12-13H2,1-3H3. The number of hydrogen-bond donors (Lipinski definition) is 0. The largest absolute Gasteiger partial charge is 0.328 e. The average Bonchev–Trinajstić information content (AvgIpc) is 2.97. The first-order valence-electron chi connectivity index (χ1n) is 9.03. The molecule has 1 aromatic carbocycles. The van der Waals surface area contributed by atoms with Crippen LogP contribution in [0.2, 0.25) is 0 Å². The summed E-state index contributed by atoms with van der Waals surface area (Å²) in [5, 5.41) is 0. The third-order valence-corrected chi connectivity index (χ3v) is 6.54. The Labute approximate surface area is 155 Å². The van der Waals surface area contributed by atoms with Gasteiger partial charge in [-0.3, -0.25) is 4.98 Å². The third-order valence-electron chi connectivity index (χ3n) is 4.72. The lowest BCUT2D eigenvalue weighted by atomic mass is 10.2. The van der Waals surface area contributed by atoms with Crippen LogP contribution in [0, 0.1) is 13.8 Å². The van der Waals surface area contributed by atoms with Gasteiger partial charge in [0, 0.05) is 18.7 Å². The Morgan fingerprint density at radius 3 is 2.54 bits per heavy atom. The van der Waals surface area contributed by atoms with E-state index in [1.54, 1.807) is 24.3 Å². The van der Waals surface area contributed by atoms with Gasteiger partial charge in [-0.2, -0.15) is 0 Å². The normalized spacial score (nSPS) is 12.0. The monoisotopic (exact) mass is 371 g/mol. The van der Waals surface area contributed by atoms with Crippen LogP contribution in [0.5, 0.6) is 0 Å². The van der Waals surface area contributed by atoms with Crippen LogP contribution in [-0.4, -0.2) is 28.7 Å². The Hall–Kier alpha value is -2.21. The molecule has 0 spiro atoms. The Kier molecular flexibility index (Phi) is 5.41. The maximum Gasteiger partial charge on any atom is 0.178 e. The highest BCUT2D eigenvalue weighted by molar-refractivity contribution is 7.91. The predicted octanol–water partition coefficient (Wildman–Crippen LogP) is 3.86. The lowest BCUT2D eigenvalue weighted by Crippen LogP contribution is -2.12. The highest BCUT2D eigenvalue weighted by Gasteiger charge is 2.17. The second kappa shape index (κ2) is 7.58. The van der Waals surface area contributed by atoms with E-state index < -0.39 is 9.84 Å². The molecule has 0 radical (unpaired) electrons. The molecular weight excluding hydrogens is 346 g/mol. The van der Waals surface area contributed by atoms with Gasteiger partial charge in [-0.25, -0.2) is 13.4 Å². The molecule has 0 bridgehead atoms. The molecule has 26 heavy (non-hydrogen) atoms. The number of nitrogens with zero attached hydrogens (tertiary/aromatic N) is 3. The van der Waals surface area contributed by atoms with Gasteiger partial charge >= 0.3 is 0 Å². The zero-order chi connectivity index (χ0) is 18.7. The van der Waals surface area contributed by atoms with Crippen molar-refractivity contribution < 1.29 is 8.42 Å². The number of benzene rings is 1. The lowest BCUT2D eigenvalue weighted by molar-refractivity contribution is 0.584. The van der Waals surface area contributed by atoms with Crippen LogP contribution >= 0.6 is 0 Å². The van der Waals surface area contributed by atoms with Gasteiger partial charge in [0.15, 0.2) is 9.84 Å². The van der Waals surface area contributed by atoms with Crippen molar-refractivity contribution in [3.05, 3.63) is 53.6 Å². The second-order valence-electron chi connectivity index (χ2n) is 6.62. The van der Waals surface area contributed by atoms with E-state index in [1.807, 2.05) is 19.2 Å². The molecule has 3 rings (SSSR count). The summed E-state index contributed by atoms with van der Waals surface area (Å²) in [4.78, 5) is 9.53. The molecule has 2 aromatic heterocycles. The van der Waals surface area contributed by atoms with Crippen molar-refractivity contribution in [3.8, 4) is 0 Å². The van der Waals surface area contributed by atoms with Gasteiger partial charge in [-0.05, 0) is 44.4 Å². The Morgan fingerprint density at radius 2 is 1.85 bits per heavy atom. The minimum Gasteiger partial charge on any atom is -0.328 e. The number of hydrogen-bond acceptors (Lipinski definition) is 4. The molecule has 0 aliphatic rings. The molecular formula is C20H25N3O2S. The van der Waals surface area contributed by atoms with Crippen LogP contribution in [-0.2, 0) is 22.8 Å². The summed E-state index contributed by atoms with van der Waals surface area (Å²) in [6.45, 7) is 6.81. The first kappa shape index (κ1) is 18.6.